The van der Waals surface area contributed by atoms with E-state index in [9.17, 15) is 14.7 Å². The Morgan fingerprint density at radius 2 is 2.19 bits per heavy atom. The largest absolute Gasteiger partial charge is 0.478 e. The molecular formula is C16H22N2O3. The van der Waals surface area contributed by atoms with Gasteiger partial charge in [0.25, 0.3) is 0 Å². The number of hydrogen-bond acceptors (Lipinski definition) is 3. The second-order valence-corrected chi connectivity index (χ2v) is 5.34. The highest BCUT2D eigenvalue weighted by Crippen LogP contribution is 2.29. The van der Waals surface area contributed by atoms with E-state index < -0.39 is 5.97 Å². The number of carboxylic acid groups (broad SMARTS) is 1. The molecule has 5 nitrogen and oxygen atoms in total. The minimum Gasteiger partial charge on any atom is -0.478 e. The minimum absolute atomic E-state index is 0.00275. The average molecular weight is 290 g/mol. The van der Waals surface area contributed by atoms with Crippen LogP contribution in [0.5, 0.6) is 0 Å². The van der Waals surface area contributed by atoms with Crippen LogP contribution >= 0.6 is 0 Å². The molecule has 1 aliphatic heterocycles. The Labute approximate surface area is 125 Å². The topological polar surface area (TPSA) is 69.6 Å². The molecule has 2 N–H and O–H groups in total. The normalized spacial score (nSPS) is 13.7. The zero-order chi connectivity index (χ0) is 15.2. The summed E-state index contributed by atoms with van der Waals surface area (Å²) in [6.45, 7) is 3.86. The van der Waals surface area contributed by atoms with Gasteiger partial charge in [-0.2, -0.15) is 0 Å². The number of amides is 1. The quantitative estimate of drug-likeness (QED) is 0.787. The van der Waals surface area contributed by atoms with Crippen LogP contribution < -0.4 is 10.2 Å². The van der Waals surface area contributed by atoms with E-state index in [1.807, 2.05) is 11.0 Å². The van der Waals surface area contributed by atoms with Crippen molar-refractivity contribution in [1.82, 2.24) is 5.32 Å². The highest BCUT2D eigenvalue weighted by molar-refractivity contribution is 5.92. The Kier molecular flexibility index (Phi) is 5.20. The minimum atomic E-state index is -0.902. The molecule has 0 unspecified atom stereocenters. The molecule has 0 aromatic heterocycles. The first kappa shape index (κ1) is 15.4. The SMILES string of the molecule is CCCCNC(=O)CN1CCCc2c(C(=O)O)cccc21. The van der Waals surface area contributed by atoms with Gasteiger partial charge in [-0.05, 0) is 37.0 Å². The Morgan fingerprint density at radius 3 is 2.90 bits per heavy atom. The molecule has 0 saturated heterocycles. The van der Waals surface area contributed by atoms with Gasteiger partial charge in [-0.1, -0.05) is 19.4 Å². The molecular weight excluding hydrogens is 268 g/mol. The summed E-state index contributed by atoms with van der Waals surface area (Å²) in [5, 5.41) is 12.2. The van der Waals surface area contributed by atoms with Crippen molar-refractivity contribution in [3.63, 3.8) is 0 Å². The molecule has 1 heterocycles. The number of rotatable bonds is 6. The van der Waals surface area contributed by atoms with E-state index in [2.05, 4.69) is 12.2 Å². The van der Waals surface area contributed by atoms with Crippen molar-refractivity contribution >= 4 is 17.6 Å². The Bertz CT molecular complexity index is 528. The number of nitrogens with one attached hydrogen (secondary N) is 1. The zero-order valence-electron chi connectivity index (χ0n) is 12.4. The molecule has 0 radical (unpaired) electrons. The summed E-state index contributed by atoms with van der Waals surface area (Å²) in [7, 11) is 0. The average Bonchev–Trinajstić information content (AvgIpc) is 2.47. The van der Waals surface area contributed by atoms with Crippen LogP contribution in [0.4, 0.5) is 5.69 Å². The van der Waals surface area contributed by atoms with E-state index in [4.69, 9.17) is 0 Å². The molecule has 1 aromatic carbocycles. The summed E-state index contributed by atoms with van der Waals surface area (Å²) < 4.78 is 0. The number of unbranched alkanes of at least 4 members (excludes halogenated alkanes) is 1. The van der Waals surface area contributed by atoms with Gasteiger partial charge in [0.05, 0.1) is 12.1 Å². The van der Waals surface area contributed by atoms with Crippen LogP contribution in [0.15, 0.2) is 18.2 Å². The predicted octanol–water partition coefficient (Wildman–Crippen LogP) is 2.05. The second-order valence-electron chi connectivity index (χ2n) is 5.34. The summed E-state index contributed by atoms with van der Waals surface area (Å²) >= 11 is 0. The number of carboxylic acids is 1. The van der Waals surface area contributed by atoms with Crippen molar-refractivity contribution in [1.29, 1.82) is 0 Å². The predicted molar refractivity (Wildman–Crippen MR) is 81.9 cm³/mol. The molecule has 0 atom stereocenters. The number of anilines is 1. The third-order valence-corrected chi connectivity index (χ3v) is 3.76. The third kappa shape index (κ3) is 3.74. The molecule has 1 aromatic rings. The van der Waals surface area contributed by atoms with Gasteiger partial charge in [0.1, 0.15) is 0 Å². The smallest absolute Gasteiger partial charge is 0.336 e. The first-order valence-electron chi connectivity index (χ1n) is 7.50. The van der Waals surface area contributed by atoms with E-state index in [1.165, 1.54) is 0 Å². The summed E-state index contributed by atoms with van der Waals surface area (Å²) in [6.07, 6.45) is 3.66. The molecule has 2 rings (SSSR count). The van der Waals surface area contributed by atoms with Crippen LogP contribution in [0, 0.1) is 0 Å². The van der Waals surface area contributed by atoms with Gasteiger partial charge in [0, 0.05) is 18.8 Å². The van der Waals surface area contributed by atoms with Crippen LogP contribution in [-0.2, 0) is 11.2 Å². The Hall–Kier alpha value is -2.04. The fourth-order valence-corrected chi connectivity index (χ4v) is 2.70. The summed E-state index contributed by atoms with van der Waals surface area (Å²) in [5.74, 6) is -0.905. The molecule has 21 heavy (non-hydrogen) atoms. The van der Waals surface area contributed by atoms with Crippen LogP contribution in [0.25, 0.3) is 0 Å². The van der Waals surface area contributed by atoms with Crippen LogP contribution in [0.2, 0.25) is 0 Å². The van der Waals surface area contributed by atoms with E-state index >= 15 is 0 Å². The molecule has 0 saturated carbocycles. The fraction of sp³-hybridized carbons (Fsp3) is 0.500. The van der Waals surface area contributed by atoms with Crippen molar-refractivity contribution in [3.8, 4) is 0 Å². The van der Waals surface area contributed by atoms with E-state index in [-0.39, 0.29) is 5.91 Å². The van der Waals surface area contributed by atoms with Gasteiger partial charge in [0.15, 0.2) is 0 Å². The van der Waals surface area contributed by atoms with Crippen molar-refractivity contribution in [3.05, 3.63) is 29.3 Å². The Balaban J connectivity index is 2.10. The maximum absolute atomic E-state index is 11.9. The lowest BCUT2D eigenvalue weighted by atomic mass is 9.96. The third-order valence-electron chi connectivity index (χ3n) is 3.76. The van der Waals surface area contributed by atoms with Crippen molar-refractivity contribution < 1.29 is 14.7 Å². The maximum atomic E-state index is 11.9. The Morgan fingerprint density at radius 1 is 1.38 bits per heavy atom. The monoisotopic (exact) mass is 290 g/mol. The van der Waals surface area contributed by atoms with Gasteiger partial charge in [0.2, 0.25) is 5.91 Å². The molecule has 0 bridgehead atoms. The first-order chi connectivity index (χ1) is 10.1. The number of nitrogens with zero attached hydrogens (tertiary/aromatic N) is 1. The number of hydrogen-bond donors (Lipinski definition) is 2. The lowest BCUT2D eigenvalue weighted by Crippen LogP contribution is -2.40. The summed E-state index contributed by atoms with van der Waals surface area (Å²) in [5.41, 5.74) is 2.08. The molecule has 1 aliphatic rings. The van der Waals surface area contributed by atoms with Crippen molar-refractivity contribution in [2.45, 2.75) is 32.6 Å². The summed E-state index contributed by atoms with van der Waals surface area (Å²) in [4.78, 5) is 25.2. The van der Waals surface area contributed by atoms with Crippen LogP contribution in [0.3, 0.4) is 0 Å². The second kappa shape index (κ2) is 7.11. The maximum Gasteiger partial charge on any atom is 0.336 e. The fourth-order valence-electron chi connectivity index (χ4n) is 2.70. The molecule has 0 spiro atoms. The van der Waals surface area contributed by atoms with Gasteiger partial charge < -0.3 is 15.3 Å². The van der Waals surface area contributed by atoms with Crippen LogP contribution in [0.1, 0.15) is 42.1 Å². The van der Waals surface area contributed by atoms with Crippen molar-refractivity contribution in [2.75, 3.05) is 24.5 Å². The van der Waals surface area contributed by atoms with Gasteiger partial charge in [-0.25, -0.2) is 4.79 Å². The molecule has 114 valence electrons. The number of fused-ring (bicyclic) bond motifs is 1. The number of aromatic carboxylic acids is 1. The van der Waals surface area contributed by atoms with E-state index in [1.54, 1.807) is 12.1 Å². The zero-order valence-corrected chi connectivity index (χ0v) is 12.4. The molecule has 0 fully saturated rings. The highest BCUT2D eigenvalue weighted by Gasteiger charge is 2.23. The molecule has 5 heteroatoms. The van der Waals surface area contributed by atoms with Crippen LogP contribution in [-0.4, -0.2) is 36.6 Å². The van der Waals surface area contributed by atoms with E-state index in [0.717, 1.165) is 43.5 Å². The molecule has 1 amide bonds. The first-order valence-corrected chi connectivity index (χ1v) is 7.50. The lowest BCUT2D eigenvalue weighted by Gasteiger charge is -2.31. The van der Waals surface area contributed by atoms with E-state index in [0.29, 0.717) is 18.7 Å². The van der Waals surface area contributed by atoms with Crippen molar-refractivity contribution in [2.24, 2.45) is 0 Å². The highest BCUT2D eigenvalue weighted by atomic mass is 16.4. The van der Waals surface area contributed by atoms with Gasteiger partial charge in [-0.3, -0.25) is 4.79 Å². The molecule has 0 aliphatic carbocycles. The van der Waals surface area contributed by atoms with Gasteiger partial charge in [-0.15, -0.1) is 0 Å². The van der Waals surface area contributed by atoms with Gasteiger partial charge >= 0.3 is 5.97 Å². The number of carbonyl (C=O) groups is 2. The number of carbonyl (C=O) groups excluding carboxylic acids is 1. The number of benzene rings is 1. The lowest BCUT2D eigenvalue weighted by molar-refractivity contribution is -0.119. The summed E-state index contributed by atoms with van der Waals surface area (Å²) in [6, 6.07) is 5.28. The standard InChI is InChI=1S/C16H22N2O3/c1-2-3-9-17-15(19)11-18-10-5-7-12-13(16(20)21)6-4-8-14(12)18/h4,6,8H,2-3,5,7,9-11H2,1H3,(H,17,19)(H,20,21).